The Bertz CT molecular complexity index is 364. The van der Waals surface area contributed by atoms with Crippen molar-refractivity contribution in [3.63, 3.8) is 0 Å². The average Bonchev–Trinajstić information content (AvgIpc) is 3.05. The molecule has 2 atom stereocenters. The van der Waals surface area contributed by atoms with Crippen LogP contribution in [-0.4, -0.2) is 11.6 Å². The molecular formula is C15H21N. The van der Waals surface area contributed by atoms with E-state index >= 15 is 0 Å². The third-order valence-corrected chi connectivity index (χ3v) is 4.31. The molecule has 0 aromatic heterocycles. The van der Waals surface area contributed by atoms with E-state index in [1.54, 1.807) is 0 Å². The third kappa shape index (κ3) is 1.78. The van der Waals surface area contributed by atoms with Gasteiger partial charge in [0.25, 0.3) is 0 Å². The van der Waals surface area contributed by atoms with Crippen LogP contribution >= 0.6 is 0 Å². The van der Waals surface area contributed by atoms with E-state index in [2.05, 4.69) is 49.5 Å². The molecule has 1 saturated heterocycles. The van der Waals surface area contributed by atoms with Crippen molar-refractivity contribution in [2.75, 3.05) is 0 Å². The zero-order valence-corrected chi connectivity index (χ0v) is 10.2. The normalized spacial score (nSPS) is 32.9. The molecule has 1 nitrogen and oxygen atoms in total. The van der Waals surface area contributed by atoms with Crippen molar-refractivity contribution in [3.8, 4) is 0 Å². The van der Waals surface area contributed by atoms with Gasteiger partial charge in [-0.05, 0) is 44.6 Å². The molecule has 0 spiro atoms. The minimum absolute atomic E-state index is 0.259. The standard InChI is InChI=1S/C15H21N/c1-15(2)13(11-6-4-3-5-7-11)10-14(16-15)12-8-9-12/h3-7,12-14,16H,8-10H2,1-2H3. The van der Waals surface area contributed by atoms with Gasteiger partial charge in [0.2, 0.25) is 0 Å². The Balaban J connectivity index is 1.84. The van der Waals surface area contributed by atoms with Crippen LogP contribution in [0, 0.1) is 5.92 Å². The highest BCUT2D eigenvalue weighted by Crippen LogP contribution is 2.45. The second-order valence-corrected chi connectivity index (χ2v) is 6.01. The molecule has 3 rings (SSSR count). The fourth-order valence-electron chi connectivity index (χ4n) is 3.23. The fraction of sp³-hybridized carbons (Fsp3) is 0.600. The van der Waals surface area contributed by atoms with E-state index in [1.165, 1.54) is 24.8 Å². The molecular weight excluding hydrogens is 194 g/mol. The molecule has 86 valence electrons. The van der Waals surface area contributed by atoms with Crippen LogP contribution in [0.25, 0.3) is 0 Å². The second-order valence-electron chi connectivity index (χ2n) is 6.01. The SMILES string of the molecule is CC1(C)NC(C2CC2)CC1c1ccccc1. The van der Waals surface area contributed by atoms with Gasteiger partial charge < -0.3 is 5.32 Å². The van der Waals surface area contributed by atoms with Crippen LogP contribution in [0.1, 0.15) is 44.6 Å². The van der Waals surface area contributed by atoms with E-state index in [0.717, 1.165) is 12.0 Å². The zero-order valence-electron chi connectivity index (χ0n) is 10.2. The van der Waals surface area contributed by atoms with E-state index in [0.29, 0.717) is 5.92 Å². The molecule has 1 heterocycles. The highest BCUT2D eigenvalue weighted by atomic mass is 15.1. The monoisotopic (exact) mass is 215 g/mol. The van der Waals surface area contributed by atoms with Crippen LogP contribution in [0.15, 0.2) is 30.3 Å². The molecule has 1 heteroatoms. The predicted octanol–water partition coefficient (Wildman–Crippen LogP) is 3.32. The Morgan fingerprint density at radius 1 is 1.12 bits per heavy atom. The van der Waals surface area contributed by atoms with Crippen molar-refractivity contribution in [1.82, 2.24) is 5.32 Å². The summed E-state index contributed by atoms with van der Waals surface area (Å²) in [5, 5.41) is 3.84. The van der Waals surface area contributed by atoms with Crippen molar-refractivity contribution in [2.24, 2.45) is 5.92 Å². The van der Waals surface area contributed by atoms with Gasteiger partial charge in [-0.2, -0.15) is 0 Å². The topological polar surface area (TPSA) is 12.0 Å². The summed E-state index contributed by atoms with van der Waals surface area (Å²) in [5.74, 6) is 1.65. The molecule has 0 bridgehead atoms. The Labute approximate surface area is 98.3 Å². The van der Waals surface area contributed by atoms with Crippen LogP contribution in [-0.2, 0) is 0 Å². The highest BCUT2D eigenvalue weighted by molar-refractivity contribution is 5.26. The Morgan fingerprint density at radius 2 is 1.81 bits per heavy atom. The summed E-state index contributed by atoms with van der Waals surface area (Å²) in [4.78, 5) is 0. The molecule has 2 aliphatic rings. The third-order valence-electron chi connectivity index (χ3n) is 4.31. The Kier molecular flexibility index (Phi) is 2.32. The smallest absolute Gasteiger partial charge is 0.0196 e. The summed E-state index contributed by atoms with van der Waals surface area (Å²) in [7, 11) is 0. The average molecular weight is 215 g/mol. The molecule has 1 aliphatic heterocycles. The van der Waals surface area contributed by atoms with Crippen LogP contribution < -0.4 is 5.32 Å². The molecule has 1 aliphatic carbocycles. The first kappa shape index (κ1) is 10.3. The molecule has 1 N–H and O–H groups in total. The summed E-state index contributed by atoms with van der Waals surface area (Å²) in [6.07, 6.45) is 4.20. The van der Waals surface area contributed by atoms with Crippen molar-refractivity contribution < 1.29 is 0 Å². The van der Waals surface area contributed by atoms with E-state index in [-0.39, 0.29) is 5.54 Å². The Morgan fingerprint density at radius 3 is 2.44 bits per heavy atom. The lowest BCUT2D eigenvalue weighted by Gasteiger charge is -2.27. The van der Waals surface area contributed by atoms with Gasteiger partial charge in [0.1, 0.15) is 0 Å². The van der Waals surface area contributed by atoms with E-state index < -0.39 is 0 Å². The first-order valence-electron chi connectivity index (χ1n) is 6.49. The maximum Gasteiger partial charge on any atom is 0.0196 e. The number of rotatable bonds is 2. The van der Waals surface area contributed by atoms with Crippen LogP contribution in [0.2, 0.25) is 0 Å². The van der Waals surface area contributed by atoms with Gasteiger partial charge in [-0.3, -0.25) is 0 Å². The number of hydrogen-bond acceptors (Lipinski definition) is 1. The second kappa shape index (κ2) is 3.59. The summed E-state index contributed by atoms with van der Waals surface area (Å²) in [5.41, 5.74) is 1.76. The zero-order chi connectivity index (χ0) is 11.2. The van der Waals surface area contributed by atoms with Gasteiger partial charge >= 0.3 is 0 Å². The molecule has 16 heavy (non-hydrogen) atoms. The summed E-state index contributed by atoms with van der Waals surface area (Å²) in [6, 6.07) is 11.8. The number of hydrogen-bond donors (Lipinski definition) is 1. The van der Waals surface area contributed by atoms with E-state index in [9.17, 15) is 0 Å². The van der Waals surface area contributed by atoms with Gasteiger partial charge in [0.05, 0.1) is 0 Å². The van der Waals surface area contributed by atoms with E-state index in [4.69, 9.17) is 0 Å². The molecule has 0 amide bonds. The lowest BCUT2D eigenvalue weighted by molar-refractivity contribution is 0.386. The summed E-state index contributed by atoms with van der Waals surface area (Å²) >= 11 is 0. The van der Waals surface area contributed by atoms with Crippen LogP contribution in [0.4, 0.5) is 0 Å². The Hall–Kier alpha value is -0.820. The van der Waals surface area contributed by atoms with Gasteiger partial charge in [0.15, 0.2) is 0 Å². The van der Waals surface area contributed by atoms with E-state index in [1.807, 2.05) is 0 Å². The predicted molar refractivity (Wildman–Crippen MR) is 67.5 cm³/mol. The van der Waals surface area contributed by atoms with Gasteiger partial charge in [-0.1, -0.05) is 30.3 Å². The lowest BCUT2D eigenvalue weighted by Crippen LogP contribution is -2.40. The maximum absolute atomic E-state index is 3.84. The van der Waals surface area contributed by atoms with Crippen molar-refractivity contribution >= 4 is 0 Å². The molecule has 1 aromatic carbocycles. The highest BCUT2D eigenvalue weighted by Gasteiger charge is 2.45. The largest absolute Gasteiger partial charge is 0.308 e. The van der Waals surface area contributed by atoms with Crippen molar-refractivity contribution in [1.29, 1.82) is 0 Å². The van der Waals surface area contributed by atoms with Crippen LogP contribution in [0.3, 0.4) is 0 Å². The first-order valence-corrected chi connectivity index (χ1v) is 6.49. The molecule has 1 aromatic rings. The minimum Gasteiger partial charge on any atom is -0.308 e. The summed E-state index contributed by atoms with van der Waals surface area (Å²) < 4.78 is 0. The van der Waals surface area contributed by atoms with Gasteiger partial charge in [-0.15, -0.1) is 0 Å². The molecule has 1 saturated carbocycles. The molecule has 2 unspecified atom stereocenters. The first-order chi connectivity index (χ1) is 7.67. The number of benzene rings is 1. The molecule has 2 fully saturated rings. The molecule has 0 radical (unpaired) electrons. The van der Waals surface area contributed by atoms with Crippen molar-refractivity contribution in [3.05, 3.63) is 35.9 Å². The maximum atomic E-state index is 3.84. The fourth-order valence-corrected chi connectivity index (χ4v) is 3.23. The lowest BCUT2D eigenvalue weighted by atomic mass is 9.83. The summed E-state index contributed by atoms with van der Waals surface area (Å²) in [6.45, 7) is 4.71. The van der Waals surface area contributed by atoms with Crippen LogP contribution in [0.5, 0.6) is 0 Å². The van der Waals surface area contributed by atoms with Gasteiger partial charge in [0, 0.05) is 17.5 Å². The number of nitrogens with one attached hydrogen (secondary N) is 1. The van der Waals surface area contributed by atoms with Crippen molar-refractivity contribution in [2.45, 2.75) is 50.6 Å². The quantitative estimate of drug-likeness (QED) is 0.798. The van der Waals surface area contributed by atoms with Gasteiger partial charge in [-0.25, -0.2) is 0 Å². The minimum atomic E-state index is 0.259.